The van der Waals surface area contributed by atoms with Gasteiger partial charge in [0.05, 0.1) is 12.1 Å². The molecule has 0 aliphatic heterocycles. The van der Waals surface area contributed by atoms with E-state index in [9.17, 15) is 4.79 Å². The lowest BCUT2D eigenvalue weighted by Crippen LogP contribution is -2.07. The molecule has 0 radical (unpaired) electrons. The first-order valence-electron chi connectivity index (χ1n) is 10.2. The van der Waals surface area contributed by atoms with Gasteiger partial charge in [0, 0.05) is 16.3 Å². The van der Waals surface area contributed by atoms with Gasteiger partial charge in [0.2, 0.25) is 0 Å². The van der Waals surface area contributed by atoms with Crippen LogP contribution in [-0.2, 0) is 16.1 Å². The van der Waals surface area contributed by atoms with E-state index in [1.807, 2.05) is 43.3 Å². The number of benzene rings is 3. The van der Waals surface area contributed by atoms with Crippen molar-refractivity contribution in [3.05, 3.63) is 77.9 Å². The van der Waals surface area contributed by atoms with E-state index >= 15 is 0 Å². The minimum absolute atomic E-state index is 0.0336. The van der Waals surface area contributed by atoms with Gasteiger partial charge in [0.1, 0.15) is 23.5 Å². The van der Waals surface area contributed by atoms with Crippen molar-refractivity contribution in [3.8, 4) is 5.75 Å². The molecular weight excluding hydrogens is 394 g/mol. The number of carbonyl (C=O) groups is 1. The van der Waals surface area contributed by atoms with Gasteiger partial charge < -0.3 is 19.1 Å². The first-order chi connectivity index (χ1) is 15.1. The number of hydrogen-bond acceptors (Lipinski definition) is 5. The lowest BCUT2D eigenvalue weighted by atomic mass is 10.0. The molecule has 0 unspecified atom stereocenters. The maximum Gasteiger partial charge on any atom is 0.307 e. The third-order valence-corrected chi connectivity index (χ3v) is 4.92. The van der Waals surface area contributed by atoms with Crippen LogP contribution in [0.15, 0.2) is 76.3 Å². The van der Waals surface area contributed by atoms with Crippen molar-refractivity contribution in [2.75, 3.05) is 13.2 Å². The van der Waals surface area contributed by atoms with Gasteiger partial charge in [-0.1, -0.05) is 42.4 Å². The first-order valence-corrected chi connectivity index (χ1v) is 10.2. The third-order valence-electron chi connectivity index (χ3n) is 4.92. The number of carboxylic acid groups (broad SMARTS) is 1. The standard InChI is InChI=1S/C25H23NO5/c1-2-22(18-10-11-24-21(16-18)20-8-3-4-9-23(20)31-24)26-30-13-12-29-19-7-5-6-17(14-19)15-25(27)28/h3-11,14,16H,2,12-13,15H2,1H3,(H,27,28). The molecule has 3 aromatic carbocycles. The van der Waals surface area contributed by atoms with Gasteiger partial charge in [0.25, 0.3) is 0 Å². The van der Waals surface area contributed by atoms with Crippen LogP contribution in [0.1, 0.15) is 24.5 Å². The van der Waals surface area contributed by atoms with E-state index < -0.39 is 5.97 Å². The summed E-state index contributed by atoms with van der Waals surface area (Å²) in [4.78, 5) is 16.3. The summed E-state index contributed by atoms with van der Waals surface area (Å²) in [6.07, 6.45) is 0.688. The largest absolute Gasteiger partial charge is 0.490 e. The van der Waals surface area contributed by atoms with E-state index in [2.05, 4.69) is 11.2 Å². The SMILES string of the molecule is CCC(=NOCCOc1cccc(CC(=O)O)c1)c1ccc2oc3ccccc3c2c1. The average molecular weight is 417 g/mol. The summed E-state index contributed by atoms with van der Waals surface area (Å²) in [5.41, 5.74) is 4.24. The van der Waals surface area contributed by atoms with Crippen LogP contribution in [0.5, 0.6) is 5.75 Å². The first kappa shape index (κ1) is 20.5. The summed E-state index contributed by atoms with van der Waals surface area (Å²) in [6, 6.07) is 21.0. The second-order valence-electron chi connectivity index (χ2n) is 7.10. The van der Waals surface area contributed by atoms with Crippen molar-refractivity contribution < 1.29 is 23.9 Å². The smallest absolute Gasteiger partial charge is 0.307 e. The zero-order valence-corrected chi connectivity index (χ0v) is 17.2. The Hall–Kier alpha value is -3.80. The molecule has 0 saturated heterocycles. The Morgan fingerprint density at radius 3 is 2.65 bits per heavy atom. The van der Waals surface area contributed by atoms with Crippen LogP contribution in [0, 0.1) is 0 Å². The summed E-state index contributed by atoms with van der Waals surface area (Å²) in [7, 11) is 0. The molecule has 0 bridgehead atoms. The van der Waals surface area contributed by atoms with Crippen molar-refractivity contribution >= 4 is 33.6 Å². The second kappa shape index (κ2) is 9.34. The summed E-state index contributed by atoms with van der Waals surface area (Å²) < 4.78 is 11.5. The van der Waals surface area contributed by atoms with Crippen LogP contribution in [0.25, 0.3) is 21.9 Å². The lowest BCUT2D eigenvalue weighted by molar-refractivity contribution is -0.136. The summed E-state index contributed by atoms with van der Waals surface area (Å²) in [5.74, 6) is -0.261. The summed E-state index contributed by atoms with van der Waals surface area (Å²) in [6.45, 7) is 2.62. The van der Waals surface area contributed by atoms with Crippen LogP contribution >= 0.6 is 0 Å². The maximum absolute atomic E-state index is 10.8. The fourth-order valence-electron chi connectivity index (χ4n) is 3.47. The van der Waals surface area contributed by atoms with E-state index in [1.54, 1.807) is 24.3 Å². The van der Waals surface area contributed by atoms with Crippen LogP contribution in [-0.4, -0.2) is 30.0 Å². The fourth-order valence-corrected chi connectivity index (χ4v) is 3.47. The Bertz CT molecular complexity index is 1240. The molecule has 0 atom stereocenters. The quantitative estimate of drug-likeness (QED) is 0.223. The monoisotopic (exact) mass is 417 g/mol. The predicted molar refractivity (Wildman–Crippen MR) is 120 cm³/mol. The van der Waals surface area contributed by atoms with Crippen LogP contribution in [0.2, 0.25) is 0 Å². The predicted octanol–water partition coefficient (Wildman–Crippen LogP) is 5.42. The number of aliphatic carboxylic acids is 1. The molecule has 6 nitrogen and oxygen atoms in total. The molecule has 0 amide bonds. The Morgan fingerprint density at radius 1 is 0.968 bits per heavy atom. The van der Waals surface area contributed by atoms with Gasteiger partial charge in [-0.25, -0.2) is 0 Å². The fraction of sp³-hybridized carbons (Fsp3) is 0.200. The van der Waals surface area contributed by atoms with Gasteiger partial charge in [-0.2, -0.15) is 0 Å². The number of hydrogen-bond donors (Lipinski definition) is 1. The number of carboxylic acids is 1. The van der Waals surface area contributed by atoms with Crippen LogP contribution in [0.4, 0.5) is 0 Å². The van der Waals surface area contributed by atoms with E-state index in [4.69, 9.17) is 19.1 Å². The molecule has 0 aliphatic rings. The van der Waals surface area contributed by atoms with E-state index in [-0.39, 0.29) is 13.0 Å². The van der Waals surface area contributed by atoms with Gasteiger partial charge in [-0.15, -0.1) is 0 Å². The summed E-state index contributed by atoms with van der Waals surface area (Å²) in [5, 5.41) is 15.3. The molecule has 1 heterocycles. The number of oxime groups is 1. The van der Waals surface area contributed by atoms with Gasteiger partial charge in [-0.3, -0.25) is 4.79 Å². The van der Waals surface area contributed by atoms with E-state index in [0.717, 1.165) is 39.6 Å². The Kier molecular flexibility index (Phi) is 6.17. The van der Waals surface area contributed by atoms with Crippen molar-refractivity contribution in [1.82, 2.24) is 0 Å². The molecule has 6 heteroatoms. The Labute approximate surface area is 179 Å². The van der Waals surface area contributed by atoms with Crippen molar-refractivity contribution in [2.24, 2.45) is 5.16 Å². The highest BCUT2D eigenvalue weighted by molar-refractivity contribution is 6.09. The number of rotatable bonds is 9. The number of para-hydroxylation sites is 1. The normalized spacial score (nSPS) is 11.7. The van der Waals surface area contributed by atoms with Crippen LogP contribution in [0.3, 0.4) is 0 Å². The summed E-state index contributed by atoms with van der Waals surface area (Å²) >= 11 is 0. The zero-order valence-electron chi connectivity index (χ0n) is 17.2. The van der Waals surface area contributed by atoms with Gasteiger partial charge >= 0.3 is 5.97 Å². The maximum atomic E-state index is 10.8. The molecule has 0 spiro atoms. The zero-order chi connectivity index (χ0) is 21.6. The minimum Gasteiger partial charge on any atom is -0.490 e. The molecular formula is C25H23NO5. The van der Waals surface area contributed by atoms with Crippen LogP contribution < -0.4 is 4.74 Å². The van der Waals surface area contributed by atoms with Gasteiger partial charge in [-0.05, 0) is 48.4 Å². The average Bonchev–Trinajstić information content (AvgIpc) is 3.14. The molecule has 0 fully saturated rings. The van der Waals surface area contributed by atoms with E-state index in [0.29, 0.717) is 17.9 Å². The molecule has 0 saturated carbocycles. The van der Waals surface area contributed by atoms with Crippen molar-refractivity contribution in [3.63, 3.8) is 0 Å². The number of fused-ring (bicyclic) bond motifs is 3. The molecule has 31 heavy (non-hydrogen) atoms. The Morgan fingerprint density at radius 2 is 1.81 bits per heavy atom. The molecule has 0 aliphatic carbocycles. The van der Waals surface area contributed by atoms with Crippen molar-refractivity contribution in [2.45, 2.75) is 19.8 Å². The molecule has 4 aromatic rings. The van der Waals surface area contributed by atoms with Gasteiger partial charge in [0.15, 0.2) is 6.61 Å². The number of nitrogens with zero attached hydrogens (tertiary/aromatic N) is 1. The van der Waals surface area contributed by atoms with Crippen molar-refractivity contribution in [1.29, 1.82) is 0 Å². The Balaban J connectivity index is 1.39. The lowest BCUT2D eigenvalue weighted by Gasteiger charge is -2.08. The molecule has 1 aromatic heterocycles. The number of ether oxygens (including phenoxy) is 1. The molecule has 158 valence electrons. The molecule has 1 N–H and O–H groups in total. The molecule has 4 rings (SSSR count). The van der Waals surface area contributed by atoms with E-state index in [1.165, 1.54) is 0 Å². The highest BCUT2D eigenvalue weighted by Crippen LogP contribution is 2.29. The topological polar surface area (TPSA) is 81.3 Å². The number of furan rings is 1. The minimum atomic E-state index is -0.872. The highest BCUT2D eigenvalue weighted by Gasteiger charge is 2.10. The second-order valence-corrected chi connectivity index (χ2v) is 7.10. The third kappa shape index (κ3) is 4.86. The highest BCUT2D eigenvalue weighted by atomic mass is 16.6.